The van der Waals surface area contributed by atoms with Gasteiger partial charge in [0.1, 0.15) is 23.2 Å². The summed E-state index contributed by atoms with van der Waals surface area (Å²) >= 11 is 0. The van der Waals surface area contributed by atoms with Crippen LogP contribution in [-0.2, 0) is 4.74 Å². The predicted molar refractivity (Wildman–Crippen MR) is 95.5 cm³/mol. The molecular weight excluding hydrogens is 318 g/mol. The summed E-state index contributed by atoms with van der Waals surface area (Å²) < 4.78 is 10.8. The van der Waals surface area contributed by atoms with Crippen LogP contribution in [0.25, 0.3) is 22.4 Å². The number of morpholine rings is 1. The lowest BCUT2D eigenvalue weighted by Crippen LogP contribution is -2.39. The van der Waals surface area contributed by atoms with Crippen molar-refractivity contribution in [2.75, 3.05) is 44.7 Å². The summed E-state index contributed by atoms with van der Waals surface area (Å²) in [6, 6.07) is 8.11. The molecule has 7 heteroatoms. The maximum Gasteiger partial charge on any atom is 0.263 e. The number of ether oxygens (including phenoxy) is 1. The highest BCUT2D eigenvalue weighted by atomic mass is 16.5. The van der Waals surface area contributed by atoms with Gasteiger partial charge < -0.3 is 14.6 Å². The largest absolute Gasteiger partial charge is 0.379 e. The van der Waals surface area contributed by atoms with Crippen molar-refractivity contribution in [1.82, 2.24) is 20.0 Å². The Kier molecular flexibility index (Phi) is 4.58. The number of benzene rings is 1. The summed E-state index contributed by atoms with van der Waals surface area (Å²) in [5, 5.41) is 8.49. The Morgan fingerprint density at radius 2 is 2.00 bits per heavy atom. The zero-order chi connectivity index (χ0) is 17.1. The smallest absolute Gasteiger partial charge is 0.263 e. The molecule has 0 saturated carbocycles. The van der Waals surface area contributed by atoms with Crippen molar-refractivity contribution < 1.29 is 9.26 Å². The van der Waals surface area contributed by atoms with Crippen LogP contribution >= 0.6 is 0 Å². The van der Waals surface area contributed by atoms with Gasteiger partial charge in [0.05, 0.1) is 13.2 Å². The highest BCUT2D eigenvalue weighted by Gasteiger charge is 2.18. The normalized spacial score (nSPS) is 15.6. The minimum absolute atomic E-state index is 0.502. The van der Waals surface area contributed by atoms with E-state index in [1.807, 2.05) is 18.2 Å². The van der Waals surface area contributed by atoms with Crippen LogP contribution < -0.4 is 5.32 Å². The van der Waals surface area contributed by atoms with Crippen molar-refractivity contribution in [2.24, 2.45) is 0 Å². The molecular formula is C18H21N5O2. The minimum atomic E-state index is 0.502. The predicted octanol–water partition coefficient (Wildman–Crippen LogP) is 2.34. The maximum atomic E-state index is 5.43. The Morgan fingerprint density at radius 3 is 2.84 bits per heavy atom. The molecule has 0 unspecified atom stereocenters. The third-order valence-corrected chi connectivity index (χ3v) is 4.50. The maximum absolute atomic E-state index is 5.43. The molecule has 0 bridgehead atoms. The van der Waals surface area contributed by atoms with Crippen LogP contribution in [0.1, 0.15) is 5.56 Å². The Hall–Kier alpha value is -2.51. The van der Waals surface area contributed by atoms with E-state index in [2.05, 4.69) is 38.3 Å². The van der Waals surface area contributed by atoms with Crippen LogP contribution in [-0.4, -0.2) is 59.4 Å². The lowest BCUT2D eigenvalue weighted by atomic mass is 10.0. The first-order valence-electron chi connectivity index (χ1n) is 8.53. The summed E-state index contributed by atoms with van der Waals surface area (Å²) in [5.41, 5.74) is 3.46. The molecule has 1 fully saturated rings. The van der Waals surface area contributed by atoms with E-state index in [0.29, 0.717) is 5.71 Å². The third kappa shape index (κ3) is 3.33. The minimum Gasteiger partial charge on any atom is -0.379 e. The molecule has 1 saturated heterocycles. The fraction of sp³-hybridized carbons (Fsp3) is 0.389. The second kappa shape index (κ2) is 7.16. The molecule has 1 aliphatic heterocycles. The molecule has 0 aliphatic carbocycles. The van der Waals surface area contributed by atoms with E-state index in [-0.39, 0.29) is 0 Å². The Bertz CT molecular complexity index is 858. The van der Waals surface area contributed by atoms with Crippen LogP contribution in [0.5, 0.6) is 0 Å². The molecule has 3 aromatic rings. The van der Waals surface area contributed by atoms with Gasteiger partial charge in [-0.2, -0.15) is 4.98 Å². The average Bonchev–Trinajstić information content (AvgIpc) is 3.08. The number of aromatic nitrogens is 3. The second-order valence-electron chi connectivity index (χ2n) is 6.13. The molecule has 130 valence electrons. The quantitative estimate of drug-likeness (QED) is 0.764. The van der Waals surface area contributed by atoms with Crippen molar-refractivity contribution in [3.05, 3.63) is 36.2 Å². The van der Waals surface area contributed by atoms with Crippen molar-refractivity contribution >= 4 is 16.9 Å². The molecule has 3 heterocycles. The Labute approximate surface area is 146 Å². The molecule has 0 amide bonds. The van der Waals surface area contributed by atoms with E-state index in [0.717, 1.165) is 67.4 Å². The SMILES string of the molecule is Cc1ccccc1-c1noc2ncnc(NCCN3CCOCC3)c12. The van der Waals surface area contributed by atoms with E-state index < -0.39 is 0 Å². The van der Waals surface area contributed by atoms with Gasteiger partial charge in [-0.15, -0.1) is 0 Å². The van der Waals surface area contributed by atoms with Crippen LogP contribution in [0.3, 0.4) is 0 Å². The number of fused-ring (bicyclic) bond motifs is 1. The molecule has 4 rings (SSSR count). The highest BCUT2D eigenvalue weighted by molar-refractivity contribution is 5.98. The molecule has 25 heavy (non-hydrogen) atoms. The van der Waals surface area contributed by atoms with Gasteiger partial charge in [-0.25, -0.2) is 4.98 Å². The van der Waals surface area contributed by atoms with E-state index in [4.69, 9.17) is 9.26 Å². The molecule has 7 nitrogen and oxygen atoms in total. The van der Waals surface area contributed by atoms with Gasteiger partial charge in [0.2, 0.25) is 0 Å². The standard InChI is InChI=1S/C18H21N5O2/c1-13-4-2-3-5-14(13)16-15-17(20-12-21-18(15)25-22-16)19-6-7-23-8-10-24-11-9-23/h2-5,12H,6-11H2,1H3,(H,19,20,21). The van der Waals surface area contributed by atoms with Gasteiger partial charge in [0, 0.05) is 31.7 Å². The number of nitrogens with zero attached hydrogens (tertiary/aromatic N) is 4. The molecule has 0 radical (unpaired) electrons. The van der Waals surface area contributed by atoms with Gasteiger partial charge in [0.15, 0.2) is 0 Å². The van der Waals surface area contributed by atoms with Crippen molar-refractivity contribution in [3.63, 3.8) is 0 Å². The monoisotopic (exact) mass is 339 g/mol. The van der Waals surface area contributed by atoms with Crippen LogP contribution in [0, 0.1) is 6.92 Å². The number of anilines is 1. The zero-order valence-corrected chi connectivity index (χ0v) is 14.2. The van der Waals surface area contributed by atoms with Gasteiger partial charge in [-0.1, -0.05) is 29.4 Å². The Morgan fingerprint density at radius 1 is 1.16 bits per heavy atom. The fourth-order valence-electron chi connectivity index (χ4n) is 3.10. The first-order chi connectivity index (χ1) is 12.3. The summed E-state index contributed by atoms with van der Waals surface area (Å²) in [4.78, 5) is 11.0. The van der Waals surface area contributed by atoms with E-state index in [1.165, 1.54) is 6.33 Å². The van der Waals surface area contributed by atoms with Crippen LogP contribution in [0.4, 0.5) is 5.82 Å². The average molecular weight is 339 g/mol. The third-order valence-electron chi connectivity index (χ3n) is 4.50. The fourth-order valence-corrected chi connectivity index (χ4v) is 3.10. The van der Waals surface area contributed by atoms with Crippen molar-refractivity contribution in [3.8, 4) is 11.3 Å². The van der Waals surface area contributed by atoms with Gasteiger partial charge >= 0.3 is 0 Å². The van der Waals surface area contributed by atoms with E-state index >= 15 is 0 Å². The molecule has 0 atom stereocenters. The zero-order valence-electron chi connectivity index (χ0n) is 14.2. The first-order valence-corrected chi connectivity index (χ1v) is 8.53. The summed E-state index contributed by atoms with van der Waals surface area (Å²) in [6.45, 7) is 7.36. The lowest BCUT2D eigenvalue weighted by molar-refractivity contribution is 0.0398. The number of hydrogen-bond acceptors (Lipinski definition) is 7. The molecule has 1 N–H and O–H groups in total. The van der Waals surface area contributed by atoms with Crippen LogP contribution in [0.2, 0.25) is 0 Å². The Balaban J connectivity index is 1.58. The topological polar surface area (TPSA) is 76.3 Å². The summed E-state index contributed by atoms with van der Waals surface area (Å²) in [7, 11) is 0. The van der Waals surface area contributed by atoms with Gasteiger partial charge in [0.25, 0.3) is 5.71 Å². The number of nitrogens with one attached hydrogen (secondary N) is 1. The number of hydrogen-bond donors (Lipinski definition) is 1. The molecule has 0 spiro atoms. The van der Waals surface area contributed by atoms with Crippen molar-refractivity contribution in [1.29, 1.82) is 0 Å². The van der Waals surface area contributed by atoms with Crippen LogP contribution in [0.15, 0.2) is 35.1 Å². The molecule has 1 aromatic carbocycles. The van der Waals surface area contributed by atoms with Gasteiger partial charge in [-0.05, 0) is 12.5 Å². The second-order valence-corrected chi connectivity index (χ2v) is 6.13. The summed E-state index contributed by atoms with van der Waals surface area (Å²) in [5.74, 6) is 0.762. The molecule has 1 aliphatic rings. The lowest BCUT2D eigenvalue weighted by Gasteiger charge is -2.26. The summed E-state index contributed by atoms with van der Waals surface area (Å²) in [6.07, 6.45) is 1.51. The first kappa shape index (κ1) is 16.0. The number of aryl methyl sites for hydroxylation is 1. The van der Waals surface area contributed by atoms with Gasteiger partial charge in [-0.3, -0.25) is 4.90 Å². The van der Waals surface area contributed by atoms with E-state index in [1.54, 1.807) is 0 Å². The highest BCUT2D eigenvalue weighted by Crippen LogP contribution is 2.32. The molecule has 2 aromatic heterocycles. The number of rotatable bonds is 5. The van der Waals surface area contributed by atoms with Crippen molar-refractivity contribution in [2.45, 2.75) is 6.92 Å². The van der Waals surface area contributed by atoms with E-state index in [9.17, 15) is 0 Å².